The lowest BCUT2D eigenvalue weighted by atomic mass is 9.93. The largest absolute Gasteiger partial charge is 0.414 e. The maximum atomic E-state index is 14.0. The van der Waals surface area contributed by atoms with Gasteiger partial charge in [-0.25, -0.2) is 4.79 Å². The van der Waals surface area contributed by atoms with Crippen LogP contribution in [-0.2, 0) is 20.7 Å². The van der Waals surface area contributed by atoms with Crippen molar-refractivity contribution in [3.8, 4) is 5.06 Å². The molecule has 47 heavy (non-hydrogen) atoms. The Kier molecular flexibility index (Phi) is 11.3. The van der Waals surface area contributed by atoms with E-state index < -0.39 is 17.7 Å². The van der Waals surface area contributed by atoms with Crippen molar-refractivity contribution in [2.24, 2.45) is 11.8 Å². The molecular formula is C36H45ClN4O5S. The number of carbonyl (C=O) groups excluding carboxylic acids is 3. The zero-order valence-corrected chi connectivity index (χ0v) is 28.4. The van der Waals surface area contributed by atoms with E-state index in [1.807, 2.05) is 42.5 Å². The highest BCUT2D eigenvalue weighted by molar-refractivity contribution is 7.20. The molecule has 2 saturated heterocycles. The van der Waals surface area contributed by atoms with Gasteiger partial charge in [0.2, 0.25) is 11.8 Å². The second-order valence-corrected chi connectivity index (χ2v) is 14.8. The summed E-state index contributed by atoms with van der Waals surface area (Å²) >= 11 is 7.44. The molecule has 6 rings (SSSR count). The molecule has 2 aliphatic heterocycles. The molecule has 0 spiro atoms. The molecule has 2 aromatic carbocycles. The number of amides is 3. The molecule has 3 heterocycles. The lowest BCUT2D eigenvalue weighted by Crippen LogP contribution is -2.61. The summed E-state index contributed by atoms with van der Waals surface area (Å²) < 4.78 is 12.1. The van der Waals surface area contributed by atoms with Gasteiger partial charge < -0.3 is 30.3 Å². The summed E-state index contributed by atoms with van der Waals surface area (Å²) in [4.78, 5) is 43.3. The highest BCUT2D eigenvalue weighted by atomic mass is 35.5. The molecule has 3 aromatic rings. The number of nitrogens with one attached hydrogen (secondary N) is 3. The fourth-order valence-corrected chi connectivity index (χ4v) is 8.31. The van der Waals surface area contributed by atoms with Crippen molar-refractivity contribution in [1.82, 2.24) is 20.9 Å². The Morgan fingerprint density at radius 1 is 0.979 bits per heavy atom. The van der Waals surface area contributed by atoms with Gasteiger partial charge in [-0.2, -0.15) is 0 Å². The molecule has 0 radical (unpaired) electrons. The van der Waals surface area contributed by atoms with Gasteiger partial charge in [-0.1, -0.05) is 72.2 Å². The lowest BCUT2D eigenvalue weighted by molar-refractivity contribution is -0.132. The van der Waals surface area contributed by atoms with Crippen LogP contribution in [0.25, 0.3) is 10.1 Å². The first kappa shape index (κ1) is 33.7. The zero-order chi connectivity index (χ0) is 32.6. The molecule has 11 heteroatoms. The molecule has 1 aliphatic carbocycles. The van der Waals surface area contributed by atoms with Gasteiger partial charge in [-0.05, 0) is 86.5 Å². The smallest absolute Gasteiger partial charge is 0.399 e. The van der Waals surface area contributed by atoms with Gasteiger partial charge in [-0.3, -0.25) is 9.59 Å². The van der Waals surface area contributed by atoms with Gasteiger partial charge in [0.05, 0.1) is 0 Å². The minimum Gasteiger partial charge on any atom is -0.399 e. The van der Waals surface area contributed by atoms with Gasteiger partial charge in [0, 0.05) is 48.5 Å². The van der Waals surface area contributed by atoms with Gasteiger partial charge >= 0.3 is 6.09 Å². The maximum absolute atomic E-state index is 14.0. The molecule has 252 valence electrons. The maximum Gasteiger partial charge on any atom is 0.414 e. The van der Waals surface area contributed by atoms with Gasteiger partial charge in [0.25, 0.3) is 0 Å². The van der Waals surface area contributed by atoms with Gasteiger partial charge in [0.1, 0.15) is 11.6 Å². The van der Waals surface area contributed by atoms with Crippen LogP contribution in [0.5, 0.6) is 5.06 Å². The van der Waals surface area contributed by atoms with Crippen LogP contribution in [0.3, 0.4) is 0 Å². The number of nitrogens with zero attached hydrogens (tertiary/aromatic N) is 1. The average Bonchev–Trinajstić information content (AvgIpc) is 3.72. The topological polar surface area (TPSA) is 109 Å². The molecule has 3 aliphatic rings. The van der Waals surface area contributed by atoms with Crippen molar-refractivity contribution in [1.29, 1.82) is 0 Å². The van der Waals surface area contributed by atoms with Crippen LogP contribution in [0.2, 0.25) is 5.02 Å². The lowest BCUT2D eigenvalue weighted by Gasteiger charge is -2.35. The van der Waals surface area contributed by atoms with Crippen molar-refractivity contribution in [3.63, 3.8) is 0 Å². The van der Waals surface area contributed by atoms with Gasteiger partial charge in [-0.15, -0.1) is 0 Å². The Morgan fingerprint density at radius 3 is 2.47 bits per heavy atom. The van der Waals surface area contributed by atoms with E-state index in [0.717, 1.165) is 92.9 Å². The van der Waals surface area contributed by atoms with E-state index in [9.17, 15) is 14.4 Å². The number of hydrogen-bond donors (Lipinski definition) is 3. The van der Waals surface area contributed by atoms with E-state index in [-0.39, 0.29) is 11.8 Å². The van der Waals surface area contributed by atoms with Gasteiger partial charge in [0.15, 0.2) is 5.06 Å². The number of ether oxygens (including phenoxy) is 2. The van der Waals surface area contributed by atoms with E-state index in [1.165, 1.54) is 11.3 Å². The standard InChI is InChI=1S/C36H45ClN4O5S/c37-29-9-8-28-21-32(47-31(28)22-29)46-35(44)40-36(14-4-5-15-36)34(43)39-30(20-25-6-2-1-3-7-25)33(42)38-23-26-10-16-41(17-11-26)24-27-12-18-45-19-13-27/h1-3,6-9,21-22,26-27,30H,4-5,10-20,23-24H2,(H,38,42)(H,39,43)(H,40,44)/t30-/m1/s1. The fourth-order valence-electron chi connectivity index (χ4n) is 7.12. The Bertz CT molecular complexity index is 1510. The first-order chi connectivity index (χ1) is 22.8. The first-order valence-electron chi connectivity index (χ1n) is 17.0. The highest BCUT2D eigenvalue weighted by Crippen LogP contribution is 2.35. The molecule has 1 aromatic heterocycles. The predicted molar refractivity (Wildman–Crippen MR) is 185 cm³/mol. The molecule has 3 fully saturated rings. The molecule has 1 saturated carbocycles. The highest BCUT2D eigenvalue weighted by Gasteiger charge is 2.44. The van der Waals surface area contributed by atoms with Crippen LogP contribution >= 0.6 is 22.9 Å². The van der Waals surface area contributed by atoms with Crippen LogP contribution < -0.4 is 20.7 Å². The monoisotopic (exact) mass is 680 g/mol. The Labute approximate surface area is 285 Å². The summed E-state index contributed by atoms with van der Waals surface area (Å²) in [5.41, 5.74) is -0.198. The number of likely N-dealkylation sites (tertiary alicyclic amines) is 1. The molecule has 3 amide bonds. The number of piperidine rings is 1. The second kappa shape index (κ2) is 15.8. The first-order valence-corrected chi connectivity index (χ1v) is 18.2. The van der Waals surface area contributed by atoms with Crippen LogP contribution in [0.15, 0.2) is 54.6 Å². The molecule has 0 bridgehead atoms. The summed E-state index contributed by atoms with van der Waals surface area (Å²) in [6, 6.07) is 16.2. The minimum absolute atomic E-state index is 0.202. The third-order valence-corrected chi connectivity index (χ3v) is 11.1. The quantitative estimate of drug-likeness (QED) is 0.232. The van der Waals surface area contributed by atoms with Crippen LogP contribution in [-0.4, -0.2) is 73.8 Å². The summed E-state index contributed by atoms with van der Waals surface area (Å²) in [5, 5.41) is 11.0. The summed E-state index contributed by atoms with van der Waals surface area (Å²) in [6.45, 7) is 5.55. The summed E-state index contributed by atoms with van der Waals surface area (Å²) in [5.74, 6) is 0.567. The van der Waals surface area contributed by atoms with Crippen molar-refractivity contribution in [2.75, 3.05) is 39.4 Å². The Hall–Kier alpha value is -3.18. The van der Waals surface area contributed by atoms with Crippen molar-refractivity contribution in [3.05, 3.63) is 65.2 Å². The number of carbonyl (C=O) groups is 3. The number of thiophene rings is 1. The fraction of sp³-hybridized carbons (Fsp3) is 0.528. The Morgan fingerprint density at radius 2 is 1.72 bits per heavy atom. The number of fused-ring (bicyclic) bond motifs is 1. The van der Waals surface area contributed by atoms with E-state index in [2.05, 4.69) is 20.9 Å². The number of hydrogen-bond acceptors (Lipinski definition) is 7. The molecule has 3 N–H and O–H groups in total. The van der Waals surface area contributed by atoms with E-state index in [1.54, 1.807) is 12.1 Å². The van der Waals surface area contributed by atoms with E-state index >= 15 is 0 Å². The normalized spacial score (nSPS) is 19.7. The zero-order valence-electron chi connectivity index (χ0n) is 26.8. The van der Waals surface area contributed by atoms with Crippen LogP contribution in [0, 0.1) is 11.8 Å². The predicted octanol–water partition coefficient (Wildman–Crippen LogP) is 5.94. The minimum atomic E-state index is -1.15. The number of benzene rings is 2. The summed E-state index contributed by atoms with van der Waals surface area (Å²) in [7, 11) is 0. The Balaban J connectivity index is 1.06. The molecule has 0 unspecified atom stereocenters. The molecule has 9 nitrogen and oxygen atoms in total. The summed E-state index contributed by atoms with van der Waals surface area (Å²) in [6.07, 6.45) is 6.57. The van der Waals surface area contributed by atoms with E-state index in [0.29, 0.717) is 41.8 Å². The van der Waals surface area contributed by atoms with Crippen LogP contribution in [0.4, 0.5) is 4.79 Å². The van der Waals surface area contributed by atoms with Crippen LogP contribution in [0.1, 0.15) is 56.9 Å². The number of halogens is 1. The molecular weight excluding hydrogens is 636 g/mol. The van der Waals surface area contributed by atoms with Crippen molar-refractivity contribution < 1.29 is 23.9 Å². The van der Waals surface area contributed by atoms with Crippen molar-refractivity contribution >= 4 is 50.9 Å². The third-order valence-electron chi connectivity index (χ3n) is 9.92. The van der Waals surface area contributed by atoms with E-state index in [4.69, 9.17) is 21.1 Å². The second-order valence-electron chi connectivity index (χ2n) is 13.3. The molecule has 1 atom stereocenters. The SMILES string of the molecule is O=C(NC1(C(=O)N[C@H](Cc2ccccc2)C(=O)NCC2CCN(CC3CCOCC3)CC2)CCCC1)Oc1cc2ccc(Cl)cc2s1. The van der Waals surface area contributed by atoms with Crippen molar-refractivity contribution in [2.45, 2.75) is 69.4 Å². The number of rotatable bonds is 11. The average molecular weight is 681 g/mol. The third kappa shape index (κ3) is 9.04.